The van der Waals surface area contributed by atoms with Gasteiger partial charge in [-0.25, -0.2) is 9.37 Å². The maximum Gasteiger partial charge on any atom is 0.191 e. The van der Waals surface area contributed by atoms with Gasteiger partial charge in [0.2, 0.25) is 0 Å². The normalized spacial score (nSPS) is 17.6. The lowest BCUT2D eigenvalue weighted by Crippen LogP contribution is -2.44. The maximum atomic E-state index is 13.9. The van der Waals surface area contributed by atoms with Crippen molar-refractivity contribution in [3.05, 3.63) is 24.1 Å². The Morgan fingerprint density at radius 2 is 2.15 bits per heavy atom. The monoisotopic (exact) mass is 378 g/mol. The highest BCUT2D eigenvalue weighted by Gasteiger charge is 2.25. The van der Waals surface area contributed by atoms with Gasteiger partial charge in [-0.05, 0) is 58.0 Å². The molecule has 1 saturated heterocycles. The van der Waals surface area contributed by atoms with E-state index in [2.05, 4.69) is 41.3 Å². The van der Waals surface area contributed by atoms with Crippen LogP contribution < -0.4 is 15.5 Å². The van der Waals surface area contributed by atoms with Crippen molar-refractivity contribution in [3.63, 3.8) is 0 Å². The van der Waals surface area contributed by atoms with E-state index in [9.17, 15) is 4.39 Å². The molecular weight excluding hydrogens is 343 g/mol. The molecule has 7 heteroatoms. The number of aliphatic imine (C=N–C) groups is 1. The van der Waals surface area contributed by atoms with Crippen molar-refractivity contribution < 1.29 is 4.39 Å². The van der Waals surface area contributed by atoms with Crippen molar-refractivity contribution in [2.24, 2.45) is 4.99 Å². The molecule has 6 nitrogen and oxygen atoms in total. The first kappa shape index (κ1) is 21.4. The van der Waals surface area contributed by atoms with Gasteiger partial charge in [0.1, 0.15) is 0 Å². The molecule has 1 aliphatic heterocycles. The molecular formula is C20H35FN6. The van der Waals surface area contributed by atoms with E-state index in [1.165, 1.54) is 12.5 Å². The van der Waals surface area contributed by atoms with E-state index in [-0.39, 0.29) is 11.9 Å². The van der Waals surface area contributed by atoms with E-state index in [0.29, 0.717) is 5.82 Å². The van der Waals surface area contributed by atoms with E-state index >= 15 is 0 Å². The highest BCUT2D eigenvalue weighted by molar-refractivity contribution is 5.80. The van der Waals surface area contributed by atoms with Crippen LogP contribution in [0.1, 0.15) is 40.0 Å². The third-order valence-corrected chi connectivity index (χ3v) is 4.96. The summed E-state index contributed by atoms with van der Waals surface area (Å²) >= 11 is 0. The quantitative estimate of drug-likeness (QED) is 0.372. The summed E-state index contributed by atoms with van der Waals surface area (Å²) in [5.41, 5.74) is 0. The molecule has 2 N–H and O–H groups in total. The summed E-state index contributed by atoms with van der Waals surface area (Å²) in [4.78, 5) is 13.3. The number of pyridine rings is 1. The van der Waals surface area contributed by atoms with Crippen LogP contribution in [0, 0.1) is 5.82 Å². The number of nitrogens with one attached hydrogen (secondary N) is 2. The minimum atomic E-state index is -0.257. The van der Waals surface area contributed by atoms with E-state index < -0.39 is 0 Å². The molecule has 1 aliphatic rings. The lowest BCUT2D eigenvalue weighted by molar-refractivity contribution is 0.297. The molecule has 0 radical (unpaired) electrons. The molecule has 1 fully saturated rings. The van der Waals surface area contributed by atoms with Crippen LogP contribution in [0.2, 0.25) is 0 Å². The Labute approximate surface area is 163 Å². The summed E-state index contributed by atoms with van der Waals surface area (Å²) in [6, 6.07) is 3.34. The first-order chi connectivity index (χ1) is 13.2. The largest absolute Gasteiger partial charge is 0.357 e. The molecule has 2 heterocycles. The minimum Gasteiger partial charge on any atom is -0.357 e. The number of unbranched alkanes of at least 4 members (excludes halogenated alkanes) is 1. The predicted octanol–water partition coefficient (Wildman–Crippen LogP) is 2.48. The number of anilines is 1. The van der Waals surface area contributed by atoms with Gasteiger partial charge in [0.05, 0.1) is 0 Å². The van der Waals surface area contributed by atoms with Gasteiger partial charge in [-0.1, -0.05) is 13.8 Å². The summed E-state index contributed by atoms with van der Waals surface area (Å²) in [5.74, 6) is 1.04. The summed E-state index contributed by atoms with van der Waals surface area (Å²) < 4.78 is 13.9. The number of hydrogen-bond acceptors (Lipinski definition) is 4. The maximum absolute atomic E-state index is 13.9. The Bertz CT molecular complexity index is 575. The first-order valence-corrected chi connectivity index (χ1v) is 10.3. The fourth-order valence-corrected chi connectivity index (χ4v) is 3.37. The molecule has 27 heavy (non-hydrogen) atoms. The van der Waals surface area contributed by atoms with Crippen LogP contribution >= 0.6 is 0 Å². The predicted molar refractivity (Wildman–Crippen MR) is 111 cm³/mol. The number of halogens is 1. The fraction of sp³-hybridized carbons (Fsp3) is 0.700. The molecule has 0 bridgehead atoms. The van der Waals surface area contributed by atoms with Crippen LogP contribution in [0.4, 0.5) is 10.2 Å². The van der Waals surface area contributed by atoms with Gasteiger partial charge in [0, 0.05) is 38.4 Å². The Hall–Kier alpha value is -1.89. The minimum absolute atomic E-state index is 0.250. The first-order valence-electron chi connectivity index (χ1n) is 10.3. The van der Waals surface area contributed by atoms with Gasteiger partial charge in [0.25, 0.3) is 0 Å². The number of hydrogen-bond donors (Lipinski definition) is 2. The third kappa shape index (κ3) is 6.97. The molecule has 1 aromatic rings. The zero-order valence-electron chi connectivity index (χ0n) is 17.0. The molecule has 1 atom stereocenters. The molecule has 1 aromatic heterocycles. The summed E-state index contributed by atoms with van der Waals surface area (Å²) in [6.07, 6.45) is 4.84. The van der Waals surface area contributed by atoms with E-state index in [1.54, 1.807) is 12.3 Å². The van der Waals surface area contributed by atoms with E-state index in [0.717, 1.165) is 64.6 Å². The molecule has 0 spiro atoms. The van der Waals surface area contributed by atoms with Crippen LogP contribution in [-0.2, 0) is 0 Å². The molecule has 1 unspecified atom stereocenters. The van der Waals surface area contributed by atoms with Gasteiger partial charge in [-0.2, -0.15) is 0 Å². The van der Waals surface area contributed by atoms with E-state index in [1.807, 2.05) is 4.90 Å². The molecule has 0 aromatic carbocycles. The zero-order valence-corrected chi connectivity index (χ0v) is 17.0. The van der Waals surface area contributed by atoms with Crippen molar-refractivity contribution in [1.29, 1.82) is 0 Å². The Morgan fingerprint density at radius 1 is 1.33 bits per heavy atom. The lowest BCUT2D eigenvalue weighted by atomic mass is 10.2. The van der Waals surface area contributed by atoms with Gasteiger partial charge in [-0.15, -0.1) is 0 Å². The topological polar surface area (TPSA) is 55.8 Å². The molecule has 0 saturated carbocycles. The number of guanidine groups is 1. The van der Waals surface area contributed by atoms with Crippen molar-refractivity contribution in [1.82, 2.24) is 20.5 Å². The van der Waals surface area contributed by atoms with Gasteiger partial charge < -0.3 is 20.4 Å². The van der Waals surface area contributed by atoms with Crippen molar-refractivity contribution in [2.75, 3.05) is 50.7 Å². The third-order valence-electron chi connectivity index (χ3n) is 4.96. The highest BCUT2D eigenvalue weighted by Crippen LogP contribution is 2.20. The van der Waals surface area contributed by atoms with Gasteiger partial charge >= 0.3 is 0 Å². The fourth-order valence-electron chi connectivity index (χ4n) is 3.37. The van der Waals surface area contributed by atoms with Crippen LogP contribution in [-0.4, -0.2) is 67.7 Å². The van der Waals surface area contributed by atoms with Crippen LogP contribution in [0.25, 0.3) is 0 Å². The summed E-state index contributed by atoms with van der Waals surface area (Å²) in [6.45, 7) is 13.0. The second-order valence-corrected chi connectivity index (χ2v) is 6.88. The van der Waals surface area contributed by atoms with Crippen molar-refractivity contribution in [3.8, 4) is 0 Å². The Balaban J connectivity index is 1.79. The standard InChI is InChI=1S/C20H35FN6/c1-4-22-20(24-12-7-8-14-26(5-2)6-3)25-17-11-15-27(16-17)19-18(21)10-9-13-23-19/h9-10,13,17H,4-8,11-12,14-16H2,1-3H3,(H2,22,24,25). The molecule has 152 valence electrons. The second kappa shape index (κ2) is 11.7. The van der Waals surface area contributed by atoms with Crippen LogP contribution in [0.15, 0.2) is 23.3 Å². The molecule has 0 aliphatic carbocycles. The SMILES string of the molecule is CCNC(=NCCCCN(CC)CC)NC1CCN(c2ncccc2F)C1. The van der Waals surface area contributed by atoms with Gasteiger partial charge in [0.15, 0.2) is 17.6 Å². The van der Waals surface area contributed by atoms with E-state index in [4.69, 9.17) is 4.99 Å². The average Bonchev–Trinajstić information content (AvgIpc) is 3.13. The molecule has 2 rings (SSSR count). The highest BCUT2D eigenvalue weighted by atomic mass is 19.1. The van der Waals surface area contributed by atoms with Gasteiger partial charge in [-0.3, -0.25) is 4.99 Å². The Morgan fingerprint density at radius 3 is 2.85 bits per heavy atom. The summed E-state index contributed by atoms with van der Waals surface area (Å²) in [5, 5.41) is 6.81. The number of nitrogens with zero attached hydrogens (tertiary/aromatic N) is 4. The Kier molecular flexibility index (Phi) is 9.31. The number of aromatic nitrogens is 1. The average molecular weight is 379 g/mol. The van der Waals surface area contributed by atoms with Crippen LogP contribution in [0.3, 0.4) is 0 Å². The molecule has 0 amide bonds. The number of rotatable bonds is 10. The second-order valence-electron chi connectivity index (χ2n) is 6.88. The zero-order chi connectivity index (χ0) is 19.5. The lowest BCUT2D eigenvalue weighted by Gasteiger charge is -2.20. The van der Waals surface area contributed by atoms with Crippen molar-refractivity contribution >= 4 is 11.8 Å². The smallest absolute Gasteiger partial charge is 0.191 e. The summed E-state index contributed by atoms with van der Waals surface area (Å²) in [7, 11) is 0. The van der Waals surface area contributed by atoms with Crippen LogP contribution in [0.5, 0.6) is 0 Å². The van der Waals surface area contributed by atoms with Crippen molar-refractivity contribution in [2.45, 2.75) is 46.1 Å².